The van der Waals surface area contributed by atoms with Crippen LogP contribution in [0.4, 0.5) is 5.69 Å². The number of hydrogen-bond donors (Lipinski definition) is 2. The van der Waals surface area contributed by atoms with Crippen molar-refractivity contribution in [3.63, 3.8) is 0 Å². The monoisotopic (exact) mass is 367 g/mol. The largest absolute Gasteiger partial charge is 0.425 e. The molecule has 1 amide bonds. The lowest BCUT2D eigenvalue weighted by Crippen LogP contribution is -2.43. The fourth-order valence-corrected chi connectivity index (χ4v) is 2.78. The lowest BCUT2D eigenvalue weighted by Gasteiger charge is -2.16. The summed E-state index contributed by atoms with van der Waals surface area (Å²) in [6, 6.07) is 11.9. The average molecular weight is 367 g/mol. The van der Waals surface area contributed by atoms with Crippen molar-refractivity contribution >= 4 is 28.5 Å². The number of non-ortho nitro benzene ring substituents is 1. The van der Waals surface area contributed by atoms with Crippen LogP contribution in [0.15, 0.2) is 54.7 Å². The number of para-hydroxylation sites is 1. The Morgan fingerprint density at radius 2 is 1.89 bits per heavy atom. The molecule has 0 saturated heterocycles. The molecule has 3 rings (SSSR count). The fraction of sp³-hybridized carbons (Fsp3) is 0.158. The van der Waals surface area contributed by atoms with Gasteiger partial charge in [0.2, 0.25) is 5.91 Å². The Balaban J connectivity index is 1.78. The molecule has 2 N–H and O–H groups in total. The summed E-state index contributed by atoms with van der Waals surface area (Å²) in [5, 5.41) is 14.2. The van der Waals surface area contributed by atoms with Crippen molar-refractivity contribution in [2.24, 2.45) is 0 Å². The maximum atomic E-state index is 12.5. The third kappa shape index (κ3) is 4.30. The topological polar surface area (TPSA) is 114 Å². The summed E-state index contributed by atoms with van der Waals surface area (Å²) >= 11 is 0. The zero-order valence-corrected chi connectivity index (χ0v) is 14.5. The summed E-state index contributed by atoms with van der Waals surface area (Å²) in [4.78, 5) is 37.4. The number of fused-ring (bicyclic) bond motifs is 1. The predicted octanol–water partition coefficient (Wildman–Crippen LogP) is 2.73. The molecule has 0 aliphatic rings. The molecule has 0 radical (unpaired) electrons. The third-order valence-corrected chi connectivity index (χ3v) is 4.03. The highest BCUT2D eigenvalue weighted by atomic mass is 16.6. The second-order valence-corrected chi connectivity index (χ2v) is 5.99. The maximum absolute atomic E-state index is 12.5. The molecule has 1 atom stereocenters. The van der Waals surface area contributed by atoms with Crippen LogP contribution >= 0.6 is 0 Å². The number of nitro groups is 1. The van der Waals surface area contributed by atoms with E-state index in [1.165, 1.54) is 31.2 Å². The number of esters is 1. The van der Waals surface area contributed by atoms with Crippen LogP contribution in [0.1, 0.15) is 12.5 Å². The van der Waals surface area contributed by atoms with E-state index in [1.54, 1.807) is 6.20 Å². The highest BCUT2D eigenvalue weighted by molar-refractivity contribution is 5.87. The number of ether oxygens (including phenoxy) is 1. The molecule has 1 aromatic heterocycles. The van der Waals surface area contributed by atoms with E-state index in [9.17, 15) is 19.7 Å². The second-order valence-electron chi connectivity index (χ2n) is 5.99. The first-order chi connectivity index (χ1) is 12.9. The number of H-pyrrole nitrogens is 1. The van der Waals surface area contributed by atoms with Gasteiger partial charge in [-0.25, -0.2) is 4.79 Å². The number of benzene rings is 2. The fourth-order valence-electron chi connectivity index (χ4n) is 2.78. The Labute approximate surface area is 154 Å². The van der Waals surface area contributed by atoms with Crippen LogP contribution in [-0.4, -0.2) is 27.8 Å². The van der Waals surface area contributed by atoms with Gasteiger partial charge >= 0.3 is 5.97 Å². The van der Waals surface area contributed by atoms with Crippen molar-refractivity contribution in [3.05, 3.63) is 70.4 Å². The Morgan fingerprint density at radius 3 is 2.56 bits per heavy atom. The van der Waals surface area contributed by atoms with Gasteiger partial charge in [0.05, 0.1) is 4.92 Å². The van der Waals surface area contributed by atoms with E-state index >= 15 is 0 Å². The summed E-state index contributed by atoms with van der Waals surface area (Å²) in [7, 11) is 0. The number of hydrogen-bond acceptors (Lipinski definition) is 5. The van der Waals surface area contributed by atoms with Gasteiger partial charge in [0.15, 0.2) is 0 Å². The molecular formula is C19H17N3O5. The number of nitrogens with one attached hydrogen (secondary N) is 2. The lowest BCUT2D eigenvalue weighted by molar-refractivity contribution is -0.384. The molecule has 0 aliphatic heterocycles. The Morgan fingerprint density at radius 1 is 1.19 bits per heavy atom. The number of carbonyl (C=O) groups is 2. The molecule has 0 spiro atoms. The van der Waals surface area contributed by atoms with Crippen molar-refractivity contribution in [2.45, 2.75) is 19.4 Å². The predicted molar refractivity (Wildman–Crippen MR) is 98.3 cm³/mol. The molecular weight excluding hydrogens is 350 g/mol. The smallest absolute Gasteiger partial charge is 0.334 e. The molecule has 0 unspecified atom stereocenters. The van der Waals surface area contributed by atoms with Crippen molar-refractivity contribution in [1.29, 1.82) is 0 Å². The minimum Gasteiger partial charge on any atom is -0.425 e. The van der Waals surface area contributed by atoms with E-state index < -0.39 is 16.9 Å². The van der Waals surface area contributed by atoms with E-state index in [4.69, 9.17) is 4.74 Å². The van der Waals surface area contributed by atoms with Gasteiger partial charge in [-0.2, -0.15) is 0 Å². The standard InChI is InChI=1S/C19H17N3O5/c1-12(23)21-18(10-13-11-20-17-5-3-2-4-16(13)17)19(24)27-15-8-6-14(7-9-15)22(25)26/h2-9,11,18,20H,10H2,1H3,(H,21,23)/t18-/m1/s1. The van der Waals surface area contributed by atoms with Gasteiger partial charge in [-0.1, -0.05) is 18.2 Å². The van der Waals surface area contributed by atoms with E-state index in [2.05, 4.69) is 10.3 Å². The van der Waals surface area contributed by atoms with Crippen LogP contribution < -0.4 is 10.1 Å². The molecule has 27 heavy (non-hydrogen) atoms. The van der Waals surface area contributed by atoms with Crippen LogP contribution in [-0.2, 0) is 16.0 Å². The van der Waals surface area contributed by atoms with Crippen molar-refractivity contribution in [3.8, 4) is 5.75 Å². The van der Waals surface area contributed by atoms with E-state index in [-0.39, 0.29) is 23.8 Å². The number of carbonyl (C=O) groups excluding carboxylic acids is 2. The second kappa shape index (κ2) is 7.69. The van der Waals surface area contributed by atoms with Crippen LogP contribution in [0, 0.1) is 10.1 Å². The maximum Gasteiger partial charge on any atom is 0.334 e. The number of aromatic amines is 1. The number of rotatable bonds is 6. The molecule has 0 bridgehead atoms. The molecule has 8 heteroatoms. The van der Waals surface area contributed by atoms with Gasteiger partial charge in [-0.3, -0.25) is 14.9 Å². The van der Waals surface area contributed by atoms with E-state index in [0.717, 1.165) is 16.5 Å². The summed E-state index contributed by atoms with van der Waals surface area (Å²) in [5.74, 6) is -0.843. The third-order valence-electron chi connectivity index (χ3n) is 4.03. The van der Waals surface area contributed by atoms with Crippen LogP contribution in [0.5, 0.6) is 5.75 Å². The van der Waals surface area contributed by atoms with E-state index in [0.29, 0.717) is 0 Å². The first kappa shape index (κ1) is 18.1. The molecule has 3 aromatic rings. The van der Waals surface area contributed by atoms with Gasteiger partial charge in [-0.05, 0) is 23.8 Å². The van der Waals surface area contributed by atoms with Crippen molar-refractivity contribution in [1.82, 2.24) is 10.3 Å². The highest BCUT2D eigenvalue weighted by Crippen LogP contribution is 2.21. The van der Waals surface area contributed by atoms with Gasteiger partial charge in [0, 0.05) is 42.6 Å². The molecule has 138 valence electrons. The van der Waals surface area contributed by atoms with Crippen molar-refractivity contribution in [2.75, 3.05) is 0 Å². The zero-order valence-electron chi connectivity index (χ0n) is 14.5. The SMILES string of the molecule is CC(=O)N[C@H](Cc1c[nH]c2ccccc12)C(=O)Oc1ccc([N+](=O)[O-])cc1. The molecule has 0 saturated carbocycles. The lowest BCUT2D eigenvalue weighted by atomic mass is 10.0. The summed E-state index contributed by atoms with van der Waals surface area (Å²) in [6.45, 7) is 1.32. The summed E-state index contributed by atoms with van der Waals surface area (Å²) < 4.78 is 5.29. The first-order valence-electron chi connectivity index (χ1n) is 8.22. The molecule has 1 heterocycles. The highest BCUT2D eigenvalue weighted by Gasteiger charge is 2.23. The Bertz CT molecular complexity index is 994. The number of amides is 1. The normalized spacial score (nSPS) is 11.7. The molecule has 2 aromatic carbocycles. The first-order valence-corrected chi connectivity index (χ1v) is 8.22. The molecule has 0 fully saturated rings. The number of nitrogens with zero attached hydrogens (tertiary/aromatic N) is 1. The zero-order chi connectivity index (χ0) is 19.4. The Hall–Kier alpha value is -3.68. The van der Waals surface area contributed by atoms with Gasteiger partial charge < -0.3 is 15.0 Å². The quantitative estimate of drug-likeness (QED) is 0.301. The minimum atomic E-state index is -0.892. The number of aromatic nitrogens is 1. The Kier molecular flexibility index (Phi) is 5.16. The van der Waals surface area contributed by atoms with Gasteiger partial charge in [0.1, 0.15) is 11.8 Å². The number of nitro benzene ring substituents is 1. The van der Waals surface area contributed by atoms with Gasteiger partial charge in [-0.15, -0.1) is 0 Å². The average Bonchev–Trinajstić information content (AvgIpc) is 3.04. The molecule has 0 aliphatic carbocycles. The van der Waals surface area contributed by atoms with Crippen LogP contribution in [0.25, 0.3) is 10.9 Å². The summed E-state index contributed by atoms with van der Waals surface area (Å²) in [5.41, 5.74) is 1.69. The van der Waals surface area contributed by atoms with Crippen LogP contribution in [0.3, 0.4) is 0 Å². The molecule has 8 nitrogen and oxygen atoms in total. The minimum absolute atomic E-state index is 0.105. The van der Waals surface area contributed by atoms with Crippen molar-refractivity contribution < 1.29 is 19.2 Å². The van der Waals surface area contributed by atoms with Crippen LogP contribution in [0.2, 0.25) is 0 Å². The van der Waals surface area contributed by atoms with Gasteiger partial charge in [0.25, 0.3) is 5.69 Å². The van der Waals surface area contributed by atoms with E-state index in [1.807, 2.05) is 24.3 Å². The summed E-state index contributed by atoms with van der Waals surface area (Å²) in [6.07, 6.45) is 2.04.